The van der Waals surface area contributed by atoms with Gasteiger partial charge in [-0.25, -0.2) is 0 Å². The van der Waals surface area contributed by atoms with Gasteiger partial charge in [-0.2, -0.15) is 0 Å². The van der Waals surface area contributed by atoms with E-state index in [1.165, 1.54) is 6.07 Å². The number of aromatic hydroxyl groups is 1. The lowest BCUT2D eigenvalue weighted by Gasteiger charge is -2.14. The first-order valence-corrected chi connectivity index (χ1v) is 6.52. The van der Waals surface area contributed by atoms with Gasteiger partial charge in [0.05, 0.1) is 5.56 Å². The summed E-state index contributed by atoms with van der Waals surface area (Å²) in [6.07, 6.45) is 0. The first-order chi connectivity index (χ1) is 9.56. The molecule has 3 N–H and O–H groups in total. The summed E-state index contributed by atoms with van der Waals surface area (Å²) >= 11 is 0. The first-order valence-electron chi connectivity index (χ1n) is 6.52. The van der Waals surface area contributed by atoms with Crippen LogP contribution in [0.2, 0.25) is 0 Å². The summed E-state index contributed by atoms with van der Waals surface area (Å²) in [5.74, 6) is -0.0873. The minimum atomic E-state index is -0.209. The fourth-order valence-electron chi connectivity index (χ4n) is 1.90. The summed E-state index contributed by atoms with van der Waals surface area (Å²) in [6.45, 7) is 4.04. The zero-order chi connectivity index (χ0) is 14.5. The Hall–Kier alpha value is -2.49. The fraction of sp³-hybridized carbons (Fsp3) is 0.188. The molecule has 4 heteroatoms. The highest BCUT2D eigenvalue weighted by molar-refractivity contribution is 6.08. The van der Waals surface area contributed by atoms with Gasteiger partial charge in [0, 0.05) is 23.5 Å². The van der Waals surface area contributed by atoms with Crippen molar-refractivity contribution in [2.45, 2.75) is 19.9 Å². The van der Waals surface area contributed by atoms with Crippen molar-refractivity contribution >= 4 is 17.3 Å². The number of carbonyl (C=O) groups is 1. The molecule has 0 radical (unpaired) electrons. The van der Waals surface area contributed by atoms with Crippen LogP contribution in [0.15, 0.2) is 48.5 Å². The summed E-state index contributed by atoms with van der Waals surface area (Å²) in [5.41, 5.74) is 1.93. The van der Waals surface area contributed by atoms with E-state index < -0.39 is 0 Å². The number of hydrogen-bond donors (Lipinski definition) is 3. The molecule has 0 bridgehead atoms. The molecule has 2 rings (SSSR count). The van der Waals surface area contributed by atoms with Crippen LogP contribution in [-0.4, -0.2) is 17.1 Å². The normalized spacial score (nSPS) is 10.3. The summed E-state index contributed by atoms with van der Waals surface area (Å²) in [5, 5.41) is 15.4. The van der Waals surface area contributed by atoms with E-state index in [0.29, 0.717) is 11.3 Å². The molecule has 2 aromatic rings. The molecule has 0 aliphatic rings. The quantitative estimate of drug-likeness (QED) is 0.797. The van der Waals surface area contributed by atoms with Crippen molar-refractivity contribution < 1.29 is 9.90 Å². The topological polar surface area (TPSA) is 61.4 Å². The maximum Gasteiger partial charge on any atom is 0.257 e. The average Bonchev–Trinajstić information content (AvgIpc) is 2.38. The van der Waals surface area contributed by atoms with Crippen molar-refractivity contribution in [3.05, 3.63) is 54.1 Å². The van der Waals surface area contributed by atoms with Crippen LogP contribution < -0.4 is 10.6 Å². The Bertz CT molecular complexity index is 609. The minimum Gasteiger partial charge on any atom is -0.508 e. The molecule has 0 aromatic heterocycles. The fourth-order valence-corrected chi connectivity index (χ4v) is 1.90. The predicted octanol–water partition coefficient (Wildman–Crippen LogP) is 3.46. The molecule has 0 aliphatic heterocycles. The first kappa shape index (κ1) is 13.9. The van der Waals surface area contributed by atoms with Crippen molar-refractivity contribution in [1.82, 2.24) is 0 Å². The molecule has 0 saturated heterocycles. The molecule has 0 fully saturated rings. The molecule has 0 aliphatic carbocycles. The van der Waals surface area contributed by atoms with Crippen molar-refractivity contribution in [1.29, 1.82) is 0 Å². The van der Waals surface area contributed by atoms with Gasteiger partial charge in [-0.1, -0.05) is 18.2 Å². The Kier molecular flexibility index (Phi) is 4.25. The number of phenols is 1. The highest BCUT2D eigenvalue weighted by Gasteiger charge is 2.11. The third-order valence-corrected chi connectivity index (χ3v) is 2.72. The second-order valence-electron chi connectivity index (χ2n) is 4.85. The van der Waals surface area contributed by atoms with Crippen LogP contribution in [0.25, 0.3) is 0 Å². The summed E-state index contributed by atoms with van der Waals surface area (Å²) in [4.78, 5) is 12.3. The van der Waals surface area contributed by atoms with Gasteiger partial charge < -0.3 is 15.7 Å². The predicted molar refractivity (Wildman–Crippen MR) is 81.3 cm³/mol. The van der Waals surface area contributed by atoms with E-state index >= 15 is 0 Å². The minimum absolute atomic E-state index is 0.122. The Labute approximate surface area is 118 Å². The van der Waals surface area contributed by atoms with Crippen molar-refractivity contribution in [3.8, 4) is 5.75 Å². The lowest BCUT2D eigenvalue weighted by atomic mass is 10.1. The highest BCUT2D eigenvalue weighted by Crippen LogP contribution is 2.20. The summed E-state index contributed by atoms with van der Waals surface area (Å²) in [7, 11) is 0. The van der Waals surface area contributed by atoms with Crippen LogP contribution in [-0.2, 0) is 0 Å². The molecule has 0 atom stereocenters. The van der Waals surface area contributed by atoms with Gasteiger partial charge in [0.25, 0.3) is 5.91 Å². The van der Waals surface area contributed by atoms with Gasteiger partial charge in [-0.3, -0.25) is 4.79 Å². The van der Waals surface area contributed by atoms with Gasteiger partial charge in [-0.15, -0.1) is 0 Å². The van der Waals surface area contributed by atoms with E-state index in [1.807, 2.05) is 32.0 Å². The second-order valence-corrected chi connectivity index (χ2v) is 4.85. The second kappa shape index (κ2) is 6.10. The van der Waals surface area contributed by atoms with Gasteiger partial charge in [0.1, 0.15) is 5.75 Å². The largest absolute Gasteiger partial charge is 0.508 e. The van der Waals surface area contributed by atoms with Crippen LogP contribution >= 0.6 is 0 Å². The highest BCUT2D eigenvalue weighted by atomic mass is 16.3. The maximum atomic E-state index is 12.3. The number of phenolic OH excluding ortho intramolecular Hbond substituents is 1. The van der Waals surface area contributed by atoms with Crippen molar-refractivity contribution in [2.24, 2.45) is 0 Å². The summed E-state index contributed by atoms with van der Waals surface area (Å²) in [6, 6.07) is 14.1. The number of amides is 1. The molecule has 0 spiro atoms. The molecule has 0 heterocycles. The smallest absolute Gasteiger partial charge is 0.257 e. The standard InChI is InChI=1S/C16H18N2O2/c1-11(2)17-15-9-4-3-8-14(15)16(20)18-12-6-5-7-13(19)10-12/h3-11,17,19H,1-2H3,(H,18,20). The number of hydrogen-bond acceptors (Lipinski definition) is 3. The number of benzene rings is 2. The van der Waals surface area contributed by atoms with Crippen LogP contribution in [0.1, 0.15) is 24.2 Å². The lowest BCUT2D eigenvalue weighted by Crippen LogP contribution is -2.17. The average molecular weight is 270 g/mol. The van der Waals surface area contributed by atoms with E-state index in [4.69, 9.17) is 0 Å². The van der Waals surface area contributed by atoms with Crippen LogP contribution in [0.3, 0.4) is 0 Å². The van der Waals surface area contributed by atoms with Crippen LogP contribution in [0, 0.1) is 0 Å². The zero-order valence-corrected chi connectivity index (χ0v) is 11.6. The van der Waals surface area contributed by atoms with E-state index in [9.17, 15) is 9.90 Å². The van der Waals surface area contributed by atoms with Crippen molar-refractivity contribution in [2.75, 3.05) is 10.6 Å². The van der Waals surface area contributed by atoms with Gasteiger partial charge in [-0.05, 0) is 38.1 Å². The molecule has 104 valence electrons. The maximum absolute atomic E-state index is 12.3. The third-order valence-electron chi connectivity index (χ3n) is 2.72. The lowest BCUT2D eigenvalue weighted by molar-refractivity contribution is 0.102. The Morgan fingerprint density at radius 1 is 1.10 bits per heavy atom. The number of para-hydroxylation sites is 1. The van der Waals surface area contributed by atoms with Gasteiger partial charge in [0.15, 0.2) is 0 Å². The Morgan fingerprint density at radius 2 is 1.85 bits per heavy atom. The van der Waals surface area contributed by atoms with Crippen LogP contribution in [0.4, 0.5) is 11.4 Å². The van der Waals surface area contributed by atoms with Crippen LogP contribution in [0.5, 0.6) is 5.75 Å². The van der Waals surface area contributed by atoms with E-state index in [-0.39, 0.29) is 17.7 Å². The summed E-state index contributed by atoms with van der Waals surface area (Å²) < 4.78 is 0. The van der Waals surface area contributed by atoms with Gasteiger partial charge in [0.2, 0.25) is 0 Å². The van der Waals surface area contributed by atoms with E-state index in [1.54, 1.807) is 24.3 Å². The monoisotopic (exact) mass is 270 g/mol. The molecular weight excluding hydrogens is 252 g/mol. The molecule has 4 nitrogen and oxygen atoms in total. The van der Waals surface area contributed by atoms with E-state index in [2.05, 4.69) is 10.6 Å². The Balaban J connectivity index is 2.21. The zero-order valence-electron chi connectivity index (χ0n) is 11.6. The molecule has 0 saturated carbocycles. The number of anilines is 2. The number of rotatable bonds is 4. The van der Waals surface area contributed by atoms with E-state index in [0.717, 1.165) is 5.69 Å². The third kappa shape index (κ3) is 3.51. The molecular formula is C16H18N2O2. The number of carbonyl (C=O) groups excluding carboxylic acids is 1. The Morgan fingerprint density at radius 3 is 2.55 bits per heavy atom. The molecule has 1 amide bonds. The van der Waals surface area contributed by atoms with Gasteiger partial charge >= 0.3 is 0 Å². The molecule has 0 unspecified atom stereocenters. The SMILES string of the molecule is CC(C)Nc1ccccc1C(=O)Nc1cccc(O)c1. The molecule has 20 heavy (non-hydrogen) atoms. The van der Waals surface area contributed by atoms with Crippen molar-refractivity contribution in [3.63, 3.8) is 0 Å². The molecule has 2 aromatic carbocycles. The number of nitrogens with one attached hydrogen (secondary N) is 2.